The average Bonchev–Trinajstić information content (AvgIpc) is 2.91. The van der Waals surface area contributed by atoms with Crippen molar-refractivity contribution in [2.24, 2.45) is 0 Å². The number of carbonyl (C=O) groups excluding carboxylic acids is 1. The van der Waals surface area contributed by atoms with Crippen LogP contribution in [0.15, 0.2) is 60.7 Å². The van der Waals surface area contributed by atoms with Crippen LogP contribution in [0.2, 0.25) is 0 Å². The van der Waals surface area contributed by atoms with Crippen LogP contribution in [0.4, 0.5) is 0 Å². The van der Waals surface area contributed by atoms with E-state index in [1.54, 1.807) is 0 Å². The Balaban J connectivity index is 2.11. The monoisotopic (exact) mass is 296 g/mol. The maximum absolute atomic E-state index is 12.5. The maximum Gasteiger partial charge on any atom is 0.210 e. The lowest BCUT2D eigenvalue weighted by molar-refractivity contribution is -0.113. The van der Waals surface area contributed by atoms with Crippen LogP contribution in [0.1, 0.15) is 17.5 Å². The summed E-state index contributed by atoms with van der Waals surface area (Å²) in [5.41, 5.74) is 3.59. The molecule has 1 aliphatic carbocycles. The second-order valence-electron chi connectivity index (χ2n) is 4.85. The Labute approximate surface area is 131 Å². The Morgan fingerprint density at radius 2 is 1.67 bits per heavy atom. The van der Waals surface area contributed by atoms with Crippen molar-refractivity contribution >= 4 is 35.9 Å². The van der Waals surface area contributed by atoms with Crippen LogP contribution in [0.5, 0.6) is 0 Å². The van der Waals surface area contributed by atoms with Gasteiger partial charge in [0, 0.05) is 17.6 Å². The number of rotatable bonds is 5. The molecule has 0 saturated carbocycles. The maximum atomic E-state index is 12.5. The third kappa shape index (κ3) is 2.82. The summed E-state index contributed by atoms with van der Waals surface area (Å²) in [5, 5.41) is 0. The number of carbonyl (C=O) groups is 1. The highest BCUT2D eigenvalue weighted by atomic mass is 32.2. The molecule has 1 atom stereocenters. The lowest BCUT2D eigenvalue weighted by atomic mass is 9.96. The molecule has 0 N–H and O–H groups in total. The summed E-state index contributed by atoms with van der Waals surface area (Å²) in [7, 11) is 0.118. The smallest absolute Gasteiger partial charge is 0.210 e. The van der Waals surface area contributed by atoms with E-state index in [4.69, 9.17) is 5.52 Å². The van der Waals surface area contributed by atoms with E-state index in [1.807, 2.05) is 60.7 Å². The molecule has 0 bridgehead atoms. The molecule has 2 aromatic rings. The van der Waals surface area contributed by atoms with Gasteiger partial charge in [0.1, 0.15) is 6.10 Å². The van der Waals surface area contributed by atoms with E-state index in [2.05, 4.69) is 0 Å². The molecular weight excluding hydrogens is 279 g/mol. The van der Waals surface area contributed by atoms with E-state index in [1.165, 1.54) is 0 Å². The Morgan fingerprint density at radius 1 is 1.05 bits per heavy atom. The first-order valence-electron chi connectivity index (χ1n) is 7.47. The molecule has 3 rings (SSSR count). The zero-order chi connectivity index (χ0) is 15.4. The largest absolute Gasteiger partial charge is 0.319 e. The molecule has 1 aliphatic rings. The van der Waals surface area contributed by atoms with Gasteiger partial charge in [-0.3, -0.25) is 4.79 Å². The molecular formula is C17H15BO2S. The van der Waals surface area contributed by atoms with Crippen molar-refractivity contribution in [1.29, 1.82) is 1.34 Å². The average molecular weight is 296 g/mol. The van der Waals surface area contributed by atoms with E-state index >= 15 is 0 Å². The first-order chi connectivity index (χ1) is 10.8. The Kier molecular flexibility index (Phi) is 3.90. The van der Waals surface area contributed by atoms with Crippen LogP contribution in [0, 0.1) is 0 Å². The van der Waals surface area contributed by atoms with Gasteiger partial charge in [-0.25, -0.2) is 0 Å². The molecule has 0 heterocycles. The quantitative estimate of drug-likeness (QED) is 0.626. The highest BCUT2D eigenvalue weighted by Gasteiger charge is 2.34. The van der Waals surface area contributed by atoms with Crippen LogP contribution in [0.3, 0.4) is 0 Å². The fraction of sp³-hybridized carbons (Fsp3) is 0.118. The van der Waals surface area contributed by atoms with Gasteiger partial charge < -0.3 is 4.18 Å². The summed E-state index contributed by atoms with van der Waals surface area (Å²) in [5.74, 6) is 0.0978. The van der Waals surface area contributed by atoms with Crippen LogP contribution >= 0.6 is 11.9 Å². The molecule has 0 aliphatic heterocycles. The van der Waals surface area contributed by atoms with Gasteiger partial charge in [0.15, 0.2) is 5.78 Å². The molecule has 0 spiro atoms. The highest BCUT2D eigenvalue weighted by Crippen LogP contribution is 2.40. The minimum absolute atomic E-state index is 0.0978. The fourth-order valence-corrected chi connectivity index (χ4v) is 3.05. The normalized spacial score (nSPS) is 18.8. The number of ketones is 1. The zero-order valence-corrected chi connectivity index (χ0v) is 12.3. The molecule has 0 radical (unpaired) electrons. The Bertz CT molecular complexity index is 688. The van der Waals surface area contributed by atoms with Crippen molar-refractivity contribution in [3.05, 3.63) is 71.8 Å². The fourth-order valence-electron chi connectivity index (χ4n) is 2.72. The Morgan fingerprint density at radius 3 is 2.29 bits per heavy atom. The minimum atomic E-state index is -0.291. The highest BCUT2D eigenvalue weighted by molar-refractivity contribution is 8.15. The molecule has 104 valence electrons. The van der Waals surface area contributed by atoms with Gasteiger partial charge in [0.25, 0.3) is 0 Å². The number of hydrogen-bond donors (Lipinski definition) is 0. The van der Waals surface area contributed by atoms with Crippen LogP contribution in [0.25, 0.3) is 11.1 Å². The summed E-state index contributed by atoms with van der Waals surface area (Å²) in [6, 6.07) is 19.6. The minimum Gasteiger partial charge on any atom is -0.319 e. The van der Waals surface area contributed by atoms with Crippen molar-refractivity contribution in [3.8, 4) is 0 Å². The topological polar surface area (TPSA) is 26.3 Å². The molecule has 0 aromatic heterocycles. The lowest BCUT2D eigenvalue weighted by Gasteiger charge is -2.14. The zero-order valence-electron chi connectivity index (χ0n) is 12.5. The van der Waals surface area contributed by atoms with E-state index in [-0.39, 0.29) is 19.0 Å². The molecule has 0 fully saturated rings. The van der Waals surface area contributed by atoms with Gasteiger partial charge in [0.2, 0.25) is 7.09 Å². The van der Waals surface area contributed by atoms with Gasteiger partial charge in [-0.1, -0.05) is 72.6 Å². The predicted octanol–water partition coefficient (Wildman–Crippen LogP) is 3.15. The van der Waals surface area contributed by atoms with E-state index in [0.717, 1.165) is 34.2 Å². The van der Waals surface area contributed by atoms with Crippen molar-refractivity contribution in [2.45, 2.75) is 12.5 Å². The molecule has 0 saturated heterocycles. The third-order valence-corrected chi connectivity index (χ3v) is 3.94. The Hall–Kier alpha value is -1.78. The standard InChI is InChI=1S/C17H15BO2S/c18-21-20-15-11-14(19)16(12-7-3-1-4-8-12)17(15)13-9-5-2-6-10-13/h1-10,15H,11,18H2/i18T. The third-order valence-electron chi connectivity index (χ3n) is 3.57. The first-order valence-corrected chi connectivity index (χ1v) is 7.68. The summed E-state index contributed by atoms with van der Waals surface area (Å²) < 4.78 is 12.9. The second kappa shape index (κ2) is 6.33. The number of benzene rings is 2. The van der Waals surface area contributed by atoms with Gasteiger partial charge in [0.05, 0.1) is 0 Å². The number of allylic oxidation sites excluding steroid dienone is 1. The SMILES string of the molecule is [3H]BSOC1CC(=O)C(c2ccccc2)=C1c1ccccc1. The van der Waals surface area contributed by atoms with E-state index in [9.17, 15) is 4.79 Å². The van der Waals surface area contributed by atoms with Gasteiger partial charge in [-0.05, 0) is 12.5 Å². The van der Waals surface area contributed by atoms with Gasteiger partial charge >= 0.3 is 0 Å². The lowest BCUT2D eigenvalue weighted by Crippen LogP contribution is -2.08. The number of hydrogen-bond acceptors (Lipinski definition) is 3. The van der Waals surface area contributed by atoms with Gasteiger partial charge in [-0.15, -0.1) is 0 Å². The van der Waals surface area contributed by atoms with Crippen molar-refractivity contribution < 1.29 is 8.98 Å². The van der Waals surface area contributed by atoms with Crippen LogP contribution < -0.4 is 0 Å². The molecule has 2 nitrogen and oxygen atoms in total. The number of Topliss-reactive ketones (excluding diaryl/α,β-unsaturated/α-hetero) is 1. The van der Waals surface area contributed by atoms with Gasteiger partial charge in [-0.2, -0.15) is 0 Å². The molecule has 4 heteroatoms. The second-order valence-corrected chi connectivity index (χ2v) is 5.28. The van der Waals surface area contributed by atoms with E-state index in [0.29, 0.717) is 6.42 Å². The molecule has 2 aromatic carbocycles. The summed E-state index contributed by atoms with van der Waals surface area (Å²) in [4.78, 5) is 12.5. The van der Waals surface area contributed by atoms with Crippen LogP contribution in [-0.4, -0.2) is 20.3 Å². The van der Waals surface area contributed by atoms with Crippen molar-refractivity contribution in [2.75, 3.05) is 0 Å². The van der Waals surface area contributed by atoms with Crippen molar-refractivity contribution in [1.82, 2.24) is 0 Å². The summed E-state index contributed by atoms with van der Waals surface area (Å²) in [6.45, 7) is 0. The van der Waals surface area contributed by atoms with Crippen LogP contribution in [-0.2, 0) is 8.98 Å². The molecule has 1 unspecified atom stereocenters. The predicted molar refractivity (Wildman–Crippen MR) is 90.3 cm³/mol. The molecule has 21 heavy (non-hydrogen) atoms. The van der Waals surface area contributed by atoms with Crippen molar-refractivity contribution in [3.63, 3.8) is 0 Å². The first kappa shape index (κ1) is 12.9. The molecule has 0 amide bonds. The summed E-state index contributed by atoms with van der Waals surface area (Å²) >= 11 is 1.08. The summed E-state index contributed by atoms with van der Waals surface area (Å²) in [6.07, 6.45) is 0.0435. The van der Waals surface area contributed by atoms with E-state index < -0.39 is 0 Å².